The fraction of sp³-hybridized carbons (Fsp3) is 0.136. The van der Waals surface area contributed by atoms with Gasteiger partial charge < -0.3 is 11.1 Å². The van der Waals surface area contributed by atoms with E-state index < -0.39 is 0 Å². The number of aryl methyl sites for hydroxylation is 1. The lowest BCUT2D eigenvalue weighted by atomic mass is 9.96. The second-order valence-corrected chi connectivity index (χ2v) is 6.29. The molecule has 0 radical (unpaired) electrons. The molecular formula is C22H20N4O. The monoisotopic (exact) mass is 356 g/mol. The highest BCUT2D eigenvalue weighted by atomic mass is 16.1. The Bertz CT molecular complexity index is 1020. The van der Waals surface area contributed by atoms with Crippen molar-refractivity contribution in [3.05, 3.63) is 71.4 Å². The number of anilines is 1. The van der Waals surface area contributed by atoms with Crippen molar-refractivity contribution in [2.24, 2.45) is 5.73 Å². The number of nitrogens with zero attached hydrogens (tertiary/aromatic N) is 2. The molecule has 0 aliphatic carbocycles. The zero-order valence-electron chi connectivity index (χ0n) is 15.3. The number of nitrogens with one attached hydrogen (secondary N) is 1. The van der Waals surface area contributed by atoms with Gasteiger partial charge in [-0.2, -0.15) is 5.26 Å². The first kappa shape index (κ1) is 18.3. The summed E-state index contributed by atoms with van der Waals surface area (Å²) in [6, 6.07) is 19.3. The fourth-order valence-electron chi connectivity index (χ4n) is 2.88. The van der Waals surface area contributed by atoms with Crippen molar-refractivity contribution in [1.82, 2.24) is 4.98 Å². The van der Waals surface area contributed by atoms with Crippen LogP contribution in [0.3, 0.4) is 0 Å². The summed E-state index contributed by atoms with van der Waals surface area (Å²) in [5.41, 5.74) is 12.3. The minimum Gasteiger partial charge on any atom is -0.326 e. The second-order valence-electron chi connectivity index (χ2n) is 6.29. The Kier molecular flexibility index (Phi) is 5.30. The van der Waals surface area contributed by atoms with E-state index in [2.05, 4.69) is 11.4 Å². The first-order valence-electron chi connectivity index (χ1n) is 8.61. The van der Waals surface area contributed by atoms with E-state index in [0.29, 0.717) is 17.8 Å². The largest absolute Gasteiger partial charge is 0.326 e. The summed E-state index contributed by atoms with van der Waals surface area (Å²) < 4.78 is 0. The van der Waals surface area contributed by atoms with Gasteiger partial charge in [-0.1, -0.05) is 36.4 Å². The second kappa shape index (κ2) is 7.81. The van der Waals surface area contributed by atoms with E-state index in [1.165, 1.54) is 6.92 Å². The minimum atomic E-state index is -0.147. The average molecular weight is 356 g/mol. The standard InChI is InChI=1S/C22H20N4O/c1-14-21(26-15(2)27)11-20(18-7-3-16(12-23)4-8-18)22(25-14)19-9-5-17(13-24)6-10-19/h3-11H,13,24H2,1-2H3,(H,26,27). The number of nitrogens with two attached hydrogens (primary N) is 1. The Morgan fingerprint density at radius 1 is 1.11 bits per heavy atom. The molecule has 0 atom stereocenters. The Morgan fingerprint density at radius 2 is 1.74 bits per heavy atom. The maximum atomic E-state index is 11.5. The Hall–Kier alpha value is -3.49. The lowest BCUT2D eigenvalue weighted by molar-refractivity contribution is -0.114. The Morgan fingerprint density at radius 3 is 2.30 bits per heavy atom. The van der Waals surface area contributed by atoms with Crippen LogP contribution in [0.5, 0.6) is 0 Å². The highest BCUT2D eigenvalue weighted by Gasteiger charge is 2.14. The summed E-state index contributed by atoms with van der Waals surface area (Å²) in [6.45, 7) is 3.82. The third-order valence-corrected chi connectivity index (χ3v) is 4.31. The summed E-state index contributed by atoms with van der Waals surface area (Å²) in [6.07, 6.45) is 0. The number of rotatable bonds is 4. The van der Waals surface area contributed by atoms with Gasteiger partial charge in [0, 0.05) is 24.6 Å². The van der Waals surface area contributed by atoms with Crippen LogP contribution in [0, 0.1) is 18.3 Å². The van der Waals surface area contributed by atoms with Gasteiger partial charge in [0.1, 0.15) is 0 Å². The molecule has 3 rings (SSSR count). The van der Waals surface area contributed by atoms with Crippen molar-refractivity contribution in [3.63, 3.8) is 0 Å². The zero-order valence-corrected chi connectivity index (χ0v) is 15.3. The molecule has 0 saturated heterocycles. The maximum absolute atomic E-state index is 11.5. The predicted molar refractivity (Wildman–Crippen MR) is 107 cm³/mol. The summed E-state index contributed by atoms with van der Waals surface area (Å²) in [5.74, 6) is -0.147. The van der Waals surface area contributed by atoms with E-state index in [9.17, 15) is 4.79 Å². The number of hydrogen-bond acceptors (Lipinski definition) is 4. The molecule has 0 aliphatic heterocycles. The zero-order chi connectivity index (χ0) is 19.4. The lowest BCUT2D eigenvalue weighted by Crippen LogP contribution is -2.09. The SMILES string of the molecule is CC(=O)Nc1cc(-c2ccc(C#N)cc2)c(-c2ccc(CN)cc2)nc1C. The van der Waals surface area contributed by atoms with Gasteiger partial charge in [0.05, 0.1) is 28.7 Å². The van der Waals surface area contributed by atoms with Crippen LogP contribution in [0.25, 0.3) is 22.4 Å². The minimum absolute atomic E-state index is 0.147. The van der Waals surface area contributed by atoms with Gasteiger partial charge >= 0.3 is 0 Å². The summed E-state index contributed by atoms with van der Waals surface area (Å²) in [7, 11) is 0. The van der Waals surface area contributed by atoms with E-state index in [0.717, 1.165) is 33.6 Å². The van der Waals surface area contributed by atoms with Gasteiger partial charge in [0.15, 0.2) is 0 Å². The first-order valence-corrected chi connectivity index (χ1v) is 8.61. The number of carbonyl (C=O) groups excluding carboxylic acids is 1. The number of nitriles is 1. The molecule has 1 aromatic heterocycles. The van der Waals surface area contributed by atoms with E-state index in [1.807, 2.05) is 49.4 Å². The third-order valence-electron chi connectivity index (χ3n) is 4.31. The number of pyridine rings is 1. The Labute approximate surface area is 158 Å². The molecule has 0 aliphatic rings. The molecule has 1 amide bonds. The number of amides is 1. The maximum Gasteiger partial charge on any atom is 0.221 e. The van der Waals surface area contributed by atoms with E-state index in [4.69, 9.17) is 16.0 Å². The highest BCUT2D eigenvalue weighted by molar-refractivity contribution is 5.92. The highest BCUT2D eigenvalue weighted by Crippen LogP contribution is 2.34. The van der Waals surface area contributed by atoms with Crippen LogP contribution < -0.4 is 11.1 Å². The van der Waals surface area contributed by atoms with Crippen molar-refractivity contribution >= 4 is 11.6 Å². The summed E-state index contributed by atoms with van der Waals surface area (Å²) in [5, 5.41) is 11.9. The van der Waals surface area contributed by atoms with Crippen LogP contribution >= 0.6 is 0 Å². The van der Waals surface area contributed by atoms with Gasteiger partial charge in [-0.05, 0) is 36.2 Å². The molecule has 27 heavy (non-hydrogen) atoms. The fourth-order valence-corrected chi connectivity index (χ4v) is 2.88. The molecule has 3 aromatic rings. The van der Waals surface area contributed by atoms with Crippen molar-refractivity contribution in [1.29, 1.82) is 5.26 Å². The molecule has 0 saturated carbocycles. The van der Waals surface area contributed by atoms with Gasteiger partial charge in [-0.3, -0.25) is 9.78 Å². The van der Waals surface area contributed by atoms with Crippen molar-refractivity contribution in [2.75, 3.05) is 5.32 Å². The molecule has 2 aromatic carbocycles. The smallest absolute Gasteiger partial charge is 0.221 e. The van der Waals surface area contributed by atoms with Crippen LogP contribution in [0.1, 0.15) is 23.7 Å². The third kappa shape index (κ3) is 4.02. The van der Waals surface area contributed by atoms with Crippen LogP contribution in [-0.2, 0) is 11.3 Å². The molecule has 0 unspecified atom stereocenters. The van der Waals surface area contributed by atoms with E-state index >= 15 is 0 Å². The molecule has 0 spiro atoms. The quantitative estimate of drug-likeness (QED) is 0.739. The van der Waals surface area contributed by atoms with Crippen molar-refractivity contribution in [2.45, 2.75) is 20.4 Å². The van der Waals surface area contributed by atoms with Crippen LogP contribution in [0.15, 0.2) is 54.6 Å². The molecule has 0 fully saturated rings. The first-order chi connectivity index (χ1) is 13.0. The van der Waals surface area contributed by atoms with Gasteiger partial charge in [-0.15, -0.1) is 0 Å². The number of carbonyl (C=O) groups is 1. The molecule has 5 heteroatoms. The van der Waals surface area contributed by atoms with Gasteiger partial charge in [0.25, 0.3) is 0 Å². The molecule has 3 N–H and O–H groups in total. The molecule has 134 valence electrons. The summed E-state index contributed by atoms with van der Waals surface area (Å²) >= 11 is 0. The average Bonchev–Trinajstić information content (AvgIpc) is 2.69. The van der Waals surface area contributed by atoms with Crippen LogP contribution in [0.4, 0.5) is 5.69 Å². The van der Waals surface area contributed by atoms with Crippen molar-refractivity contribution < 1.29 is 4.79 Å². The van der Waals surface area contributed by atoms with E-state index in [-0.39, 0.29) is 5.91 Å². The number of aromatic nitrogens is 1. The van der Waals surface area contributed by atoms with Crippen LogP contribution in [0.2, 0.25) is 0 Å². The number of hydrogen-bond donors (Lipinski definition) is 2. The topological polar surface area (TPSA) is 91.8 Å². The Balaban J connectivity index is 2.18. The molecule has 1 heterocycles. The molecular weight excluding hydrogens is 336 g/mol. The summed E-state index contributed by atoms with van der Waals surface area (Å²) in [4.78, 5) is 16.3. The van der Waals surface area contributed by atoms with Gasteiger partial charge in [-0.25, -0.2) is 0 Å². The number of benzene rings is 2. The predicted octanol–water partition coefficient (Wildman–Crippen LogP) is 4.01. The normalized spacial score (nSPS) is 10.3. The lowest BCUT2D eigenvalue weighted by Gasteiger charge is -2.15. The molecule has 5 nitrogen and oxygen atoms in total. The molecule has 0 bridgehead atoms. The van der Waals surface area contributed by atoms with Gasteiger partial charge in [0.2, 0.25) is 5.91 Å². The van der Waals surface area contributed by atoms with Crippen LogP contribution in [-0.4, -0.2) is 10.9 Å². The van der Waals surface area contributed by atoms with E-state index in [1.54, 1.807) is 12.1 Å². The van der Waals surface area contributed by atoms with Crippen molar-refractivity contribution in [3.8, 4) is 28.5 Å².